The van der Waals surface area contributed by atoms with Crippen LogP contribution in [-0.4, -0.2) is 20.5 Å². The number of hydrogen-bond donors (Lipinski definition) is 1. The smallest absolute Gasteiger partial charge is 0.102 e. The third kappa shape index (κ3) is 3.07. The maximum absolute atomic E-state index is 10.6. The van der Waals surface area contributed by atoms with Crippen molar-refractivity contribution in [2.24, 2.45) is 40.9 Å². The Morgan fingerprint density at radius 3 is 2.66 bits per heavy atom. The van der Waals surface area contributed by atoms with Gasteiger partial charge in [0.2, 0.25) is 0 Å². The quantitative estimate of drug-likeness (QED) is 0.735. The van der Waals surface area contributed by atoms with Crippen molar-refractivity contribution in [1.29, 1.82) is 5.26 Å². The Bertz CT molecular complexity index is 807. The highest BCUT2D eigenvalue weighted by atomic mass is 16.3. The zero-order chi connectivity index (χ0) is 20.4. The first-order chi connectivity index (χ1) is 13.8. The van der Waals surface area contributed by atoms with E-state index in [9.17, 15) is 10.4 Å². The molecule has 4 heteroatoms. The summed E-state index contributed by atoms with van der Waals surface area (Å²) >= 11 is 0. The molecule has 1 N–H and O–H groups in total. The molecule has 0 radical (unpaired) electrons. The Morgan fingerprint density at radius 2 is 1.90 bits per heavy atom. The Kier molecular flexibility index (Phi) is 4.63. The highest BCUT2D eigenvalue weighted by molar-refractivity contribution is 5.22. The SMILES string of the molecule is C[C@H]([C@H]1CC[C@H]2[C@@H]3CC[C@@H]4C[C@](C)(O)CC[C@@H]4[C@H]3CC[C@]12C)n1cc(C#N)cn1. The van der Waals surface area contributed by atoms with Gasteiger partial charge in [0.1, 0.15) is 6.07 Å². The molecule has 4 aliphatic rings. The van der Waals surface area contributed by atoms with Gasteiger partial charge in [0.15, 0.2) is 0 Å². The van der Waals surface area contributed by atoms with E-state index >= 15 is 0 Å². The van der Waals surface area contributed by atoms with Crippen molar-refractivity contribution >= 4 is 0 Å². The monoisotopic (exact) mass is 395 g/mol. The molecule has 4 fully saturated rings. The summed E-state index contributed by atoms with van der Waals surface area (Å²) in [4.78, 5) is 0. The Morgan fingerprint density at radius 1 is 1.10 bits per heavy atom. The molecule has 4 nitrogen and oxygen atoms in total. The van der Waals surface area contributed by atoms with E-state index in [1.54, 1.807) is 6.20 Å². The fraction of sp³-hybridized carbons (Fsp3) is 0.840. The zero-order valence-corrected chi connectivity index (χ0v) is 18.3. The highest BCUT2D eigenvalue weighted by Gasteiger charge is 2.58. The van der Waals surface area contributed by atoms with Gasteiger partial charge in [0.25, 0.3) is 0 Å². The van der Waals surface area contributed by atoms with E-state index in [0.717, 1.165) is 42.4 Å². The molecular weight excluding hydrogens is 358 g/mol. The van der Waals surface area contributed by atoms with Crippen LogP contribution in [0.15, 0.2) is 12.4 Å². The van der Waals surface area contributed by atoms with Crippen LogP contribution in [0.4, 0.5) is 0 Å². The largest absolute Gasteiger partial charge is 0.390 e. The van der Waals surface area contributed by atoms with E-state index in [-0.39, 0.29) is 0 Å². The molecule has 0 saturated heterocycles. The first-order valence-electron chi connectivity index (χ1n) is 12.0. The van der Waals surface area contributed by atoms with Crippen LogP contribution < -0.4 is 0 Å². The second-order valence-corrected chi connectivity index (χ2v) is 11.5. The van der Waals surface area contributed by atoms with Crippen molar-refractivity contribution in [3.8, 4) is 6.07 Å². The van der Waals surface area contributed by atoms with Crippen molar-refractivity contribution in [3.63, 3.8) is 0 Å². The van der Waals surface area contributed by atoms with Gasteiger partial charge in [-0.2, -0.15) is 10.4 Å². The summed E-state index contributed by atoms with van der Waals surface area (Å²) in [7, 11) is 0. The van der Waals surface area contributed by atoms with Gasteiger partial charge < -0.3 is 5.11 Å². The van der Waals surface area contributed by atoms with E-state index in [4.69, 9.17) is 0 Å². The molecule has 29 heavy (non-hydrogen) atoms. The predicted octanol–water partition coefficient (Wildman–Crippen LogP) is 5.34. The second-order valence-electron chi connectivity index (χ2n) is 11.5. The van der Waals surface area contributed by atoms with Crippen LogP contribution in [0.2, 0.25) is 0 Å². The van der Waals surface area contributed by atoms with Gasteiger partial charge in [-0.15, -0.1) is 0 Å². The molecule has 5 rings (SSSR count). The number of nitrogens with zero attached hydrogens (tertiary/aromatic N) is 3. The summed E-state index contributed by atoms with van der Waals surface area (Å²) in [6.07, 6.45) is 15.0. The highest BCUT2D eigenvalue weighted by Crippen LogP contribution is 2.66. The van der Waals surface area contributed by atoms with Crippen LogP contribution in [-0.2, 0) is 0 Å². The average molecular weight is 396 g/mol. The second kappa shape index (κ2) is 6.84. The van der Waals surface area contributed by atoms with Gasteiger partial charge >= 0.3 is 0 Å². The summed E-state index contributed by atoms with van der Waals surface area (Å²) in [5.41, 5.74) is 0.662. The number of fused-ring (bicyclic) bond motifs is 5. The number of aliphatic hydroxyl groups is 1. The number of aromatic nitrogens is 2. The van der Waals surface area contributed by atoms with Crippen LogP contribution in [0.1, 0.15) is 90.2 Å². The molecule has 1 heterocycles. The van der Waals surface area contributed by atoms with Crippen LogP contribution >= 0.6 is 0 Å². The van der Waals surface area contributed by atoms with Crippen LogP contribution in [0.25, 0.3) is 0 Å². The predicted molar refractivity (Wildman–Crippen MR) is 113 cm³/mol. The molecule has 158 valence electrons. The van der Waals surface area contributed by atoms with Gasteiger partial charge in [-0.25, -0.2) is 0 Å². The Labute approximate surface area is 175 Å². The lowest BCUT2D eigenvalue weighted by molar-refractivity contribution is -0.102. The molecule has 0 amide bonds. The molecule has 1 aromatic rings. The Balaban J connectivity index is 1.35. The molecule has 0 unspecified atom stereocenters. The lowest BCUT2D eigenvalue weighted by Crippen LogP contribution is -2.50. The third-order valence-electron chi connectivity index (χ3n) is 10.0. The average Bonchev–Trinajstić information content (AvgIpc) is 3.30. The molecule has 0 aliphatic heterocycles. The van der Waals surface area contributed by atoms with Gasteiger partial charge in [-0.3, -0.25) is 4.68 Å². The van der Waals surface area contributed by atoms with Crippen molar-refractivity contribution < 1.29 is 5.11 Å². The summed E-state index contributed by atoms with van der Waals surface area (Å²) in [6, 6.07) is 2.59. The van der Waals surface area contributed by atoms with Crippen molar-refractivity contribution in [3.05, 3.63) is 18.0 Å². The van der Waals surface area contributed by atoms with E-state index in [2.05, 4.69) is 36.6 Å². The van der Waals surface area contributed by atoms with Gasteiger partial charge in [-0.1, -0.05) is 6.92 Å². The minimum atomic E-state index is -0.420. The molecular formula is C25H37N3O. The first kappa shape index (κ1) is 19.6. The van der Waals surface area contributed by atoms with Crippen LogP contribution in [0.5, 0.6) is 0 Å². The minimum absolute atomic E-state index is 0.366. The van der Waals surface area contributed by atoms with Gasteiger partial charge in [-0.05, 0) is 113 Å². The molecule has 0 bridgehead atoms. The topological polar surface area (TPSA) is 61.8 Å². The standard InChI is InChI=1S/C25H37N3O/c1-16(28-15-17(13-26)14-27-28)22-6-7-23-21-5-4-18-12-24(2,29)10-8-19(18)20(21)9-11-25(22,23)3/h14-16,18-23,29H,4-12H2,1-3H3/t16-,18-,19+,20-,21-,22-,23+,24-,25-/m1/s1. The maximum Gasteiger partial charge on any atom is 0.102 e. The summed E-state index contributed by atoms with van der Waals surface area (Å²) < 4.78 is 2.06. The minimum Gasteiger partial charge on any atom is -0.390 e. The van der Waals surface area contributed by atoms with Crippen molar-refractivity contribution in [2.45, 2.75) is 90.2 Å². The van der Waals surface area contributed by atoms with Crippen LogP contribution in [0.3, 0.4) is 0 Å². The van der Waals surface area contributed by atoms with Crippen molar-refractivity contribution in [1.82, 2.24) is 9.78 Å². The first-order valence-corrected chi connectivity index (χ1v) is 12.0. The zero-order valence-electron chi connectivity index (χ0n) is 18.3. The molecule has 0 spiro atoms. The molecule has 1 aromatic heterocycles. The molecule has 9 atom stereocenters. The number of rotatable bonds is 2. The van der Waals surface area contributed by atoms with Gasteiger partial charge in [0, 0.05) is 6.20 Å². The molecule has 4 aliphatic carbocycles. The van der Waals surface area contributed by atoms with Crippen LogP contribution in [0, 0.1) is 52.3 Å². The number of nitriles is 1. The lowest BCUT2D eigenvalue weighted by atomic mass is 9.49. The van der Waals surface area contributed by atoms with Gasteiger partial charge in [0.05, 0.1) is 23.4 Å². The summed E-state index contributed by atoms with van der Waals surface area (Å²) in [6.45, 7) is 6.95. The van der Waals surface area contributed by atoms with E-state index in [1.807, 2.05) is 6.20 Å². The lowest BCUT2D eigenvalue weighted by Gasteiger charge is -2.57. The van der Waals surface area contributed by atoms with Crippen molar-refractivity contribution in [2.75, 3.05) is 0 Å². The van der Waals surface area contributed by atoms with E-state index < -0.39 is 5.60 Å². The fourth-order valence-electron chi connectivity index (χ4n) is 8.72. The third-order valence-corrected chi connectivity index (χ3v) is 10.0. The molecule has 0 aromatic carbocycles. The molecule has 4 saturated carbocycles. The number of hydrogen-bond acceptors (Lipinski definition) is 3. The fourth-order valence-corrected chi connectivity index (χ4v) is 8.72. The summed E-state index contributed by atoms with van der Waals surface area (Å²) in [5.74, 6) is 4.91. The van der Waals surface area contributed by atoms with E-state index in [1.165, 1.54) is 44.9 Å². The van der Waals surface area contributed by atoms with E-state index in [0.29, 0.717) is 22.9 Å². The summed E-state index contributed by atoms with van der Waals surface area (Å²) in [5, 5.41) is 24.3. The maximum atomic E-state index is 10.6. The normalized spacial score (nSPS) is 47.6. The Hall–Kier alpha value is -1.34.